The van der Waals surface area contributed by atoms with Crippen LogP contribution in [0, 0.1) is 6.92 Å². The zero-order valence-corrected chi connectivity index (χ0v) is 10.3. The van der Waals surface area contributed by atoms with E-state index in [1.165, 1.54) is 11.9 Å². The van der Waals surface area contributed by atoms with Gasteiger partial charge in [0, 0.05) is 7.05 Å². The predicted octanol–water partition coefficient (Wildman–Crippen LogP) is 1.98. The lowest BCUT2D eigenvalue weighted by Crippen LogP contribution is -1.95. The van der Waals surface area contributed by atoms with Crippen LogP contribution in [0.2, 0.25) is 0 Å². The molecule has 0 bridgehead atoms. The van der Waals surface area contributed by atoms with Crippen LogP contribution in [0.3, 0.4) is 0 Å². The van der Waals surface area contributed by atoms with Gasteiger partial charge in [0.25, 0.3) is 0 Å². The second kappa shape index (κ2) is 3.53. The molecule has 3 aromatic heterocycles. The number of nitrogens with two attached hydrogens (primary N) is 1. The molecule has 0 aliphatic rings. The first-order chi connectivity index (χ1) is 8.18. The number of thiophene rings is 1. The number of aromatic nitrogens is 4. The Hall–Kier alpha value is -1.95. The van der Waals surface area contributed by atoms with E-state index in [-0.39, 0.29) is 0 Å². The molecule has 0 spiro atoms. The topological polar surface area (TPSA) is 69.6 Å². The molecule has 0 fully saturated rings. The van der Waals surface area contributed by atoms with Crippen molar-refractivity contribution in [1.82, 2.24) is 19.7 Å². The SMILES string of the molecule is Cc1ccsc1-c1nn(C)c2ncnc(N)c12. The lowest BCUT2D eigenvalue weighted by atomic mass is 10.2. The first-order valence-electron chi connectivity index (χ1n) is 5.16. The maximum Gasteiger partial charge on any atom is 0.163 e. The van der Waals surface area contributed by atoms with Crippen molar-refractivity contribution in [2.24, 2.45) is 7.05 Å². The van der Waals surface area contributed by atoms with E-state index in [9.17, 15) is 0 Å². The Morgan fingerprint density at radius 3 is 2.88 bits per heavy atom. The standard InChI is InChI=1S/C11H11N5S/c1-6-3-4-17-9(6)8-7-10(12)13-5-14-11(7)16(2)15-8/h3-5H,1-2H3,(H2,12,13,14). The van der Waals surface area contributed by atoms with Gasteiger partial charge in [-0.1, -0.05) is 0 Å². The molecule has 2 N–H and O–H groups in total. The molecule has 17 heavy (non-hydrogen) atoms. The van der Waals surface area contributed by atoms with Gasteiger partial charge in [-0.15, -0.1) is 11.3 Å². The highest BCUT2D eigenvalue weighted by molar-refractivity contribution is 7.13. The summed E-state index contributed by atoms with van der Waals surface area (Å²) < 4.78 is 1.74. The molecule has 3 heterocycles. The number of fused-ring (bicyclic) bond motifs is 1. The highest BCUT2D eigenvalue weighted by atomic mass is 32.1. The van der Waals surface area contributed by atoms with Crippen molar-refractivity contribution in [2.45, 2.75) is 6.92 Å². The summed E-state index contributed by atoms with van der Waals surface area (Å²) in [5, 5.41) is 7.38. The molecular weight excluding hydrogens is 234 g/mol. The lowest BCUT2D eigenvalue weighted by Gasteiger charge is -1.97. The zero-order chi connectivity index (χ0) is 12.0. The van der Waals surface area contributed by atoms with Crippen molar-refractivity contribution in [1.29, 1.82) is 0 Å². The van der Waals surface area contributed by atoms with E-state index in [2.05, 4.69) is 28.1 Å². The minimum atomic E-state index is 0.478. The average molecular weight is 245 g/mol. The van der Waals surface area contributed by atoms with Crippen LogP contribution in [0.15, 0.2) is 17.8 Å². The van der Waals surface area contributed by atoms with Gasteiger partial charge in [0.15, 0.2) is 5.65 Å². The third-order valence-corrected chi connectivity index (χ3v) is 3.75. The second-order valence-corrected chi connectivity index (χ2v) is 4.78. The fraction of sp³-hybridized carbons (Fsp3) is 0.182. The quantitative estimate of drug-likeness (QED) is 0.711. The van der Waals surface area contributed by atoms with Crippen LogP contribution in [0.5, 0.6) is 0 Å². The minimum Gasteiger partial charge on any atom is -0.383 e. The second-order valence-electron chi connectivity index (χ2n) is 3.86. The van der Waals surface area contributed by atoms with E-state index in [4.69, 9.17) is 5.73 Å². The Kier molecular flexibility index (Phi) is 2.12. The largest absolute Gasteiger partial charge is 0.383 e. The molecule has 0 unspecified atom stereocenters. The number of aryl methyl sites for hydroxylation is 2. The summed E-state index contributed by atoms with van der Waals surface area (Å²) >= 11 is 1.65. The summed E-state index contributed by atoms with van der Waals surface area (Å²) in [5.74, 6) is 0.478. The molecular formula is C11H11N5S. The smallest absolute Gasteiger partial charge is 0.163 e. The van der Waals surface area contributed by atoms with Crippen molar-refractivity contribution in [2.75, 3.05) is 5.73 Å². The van der Waals surface area contributed by atoms with Gasteiger partial charge >= 0.3 is 0 Å². The molecule has 3 rings (SSSR count). The van der Waals surface area contributed by atoms with Gasteiger partial charge in [-0.25, -0.2) is 14.6 Å². The Morgan fingerprint density at radius 1 is 1.35 bits per heavy atom. The summed E-state index contributed by atoms with van der Waals surface area (Å²) in [5.41, 5.74) is 8.75. The molecule has 0 aliphatic heterocycles. The monoisotopic (exact) mass is 245 g/mol. The molecule has 0 amide bonds. The third-order valence-electron chi connectivity index (χ3n) is 2.73. The molecule has 0 radical (unpaired) electrons. The average Bonchev–Trinajstić information content (AvgIpc) is 2.85. The Labute approximate surface area is 102 Å². The van der Waals surface area contributed by atoms with Gasteiger partial charge in [-0.2, -0.15) is 5.10 Å². The Morgan fingerprint density at radius 2 is 2.18 bits per heavy atom. The summed E-state index contributed by atoms with van der Waals surface area (Å²) in [6, 6.07) is 2.07. The number of hydrogen-bond donors (Lipinski definition) is 1. The number of anilines is 1. The number of nitrogen functional groups attached to an aromatic ring is 1. The van der Waals surface area contributed by atoms with E-state index in [1.807, 2.05) is 12.4 Å². The highest BCUT2D eigenvalue weighted by Crippen LogP contribution is 2.34. The normalized spacial score (nSPS) is 11.2. The summed E-state index contributed by atoms with van der Waals surface area (Å²) in [7, 11) is 1.86. The van der Waals surface area contributed by atoms with Crippen LogP contribution >= 0.6 is 11.3 Å². The summed E-state index contributed by atoms with van der Waals surface area (Å²) in [6.07, 6.45) is 1.46. The van der Waals surface area contributed by atoms with Gasteiger partial charge in [0.2, 0.25) is 0 Å². The van der Waals surface area contributed by atoms with E-state index in [0.717, 1.165) is 21.6 Å². The molecule has 0 atom stereocenters. The van der Waals surface area contributed by atoms with Crippen molar-refractivity contribution in [3.63, 3.8) is 0 Å². The van der Waals surface area contributed by atoms with Crippen molar-refractivity contribution < 1.29 is 0 Å². The molecule has 86 valence electrons. The third kappa shape index (κ3) is 1.41. The highest BCUT2D eigenvalue weighted by Gasteiger charge is 2.17. The number of hydrogen-bond acceptors (Lipinski definition) is 5. The Balaban J connectivity index is 2.42. The maximum atomic E-state index is 5.93. The first kappa shape index (κ1) is 10.2. The fourth-order valence-corrected chi connectivity index (χ4v) is 2.80. The Bertz CT molecular complexity index is 697. The molecule has 0 aliphatic carbocycles. The van der Waals surface area contributed by atoms with Crippen LogP contribution in [0.4, 0.5) is 5.82 Å². The van der Waals surface area contributed by atoms with Crippen LogP contribution < -0.4 is 5.73 Å². The van der Waals surface area contributed by atoms with Gasteiger partial charge < -0.3 is 5.73 Å². The van der Waals surface area contributed by atoms with E-state index >= 15 is 0 Å². The van der Waals surface area contributed by atoms with Gasteiger partial charge in [0.05, 0.1) is 10.3 Å². The van der Waals surface area contributed by atoms with Crippen LogP contribution in [-0.2, 0) is 7.05 Å². The minimum absolute atomic E-state index is 0.478. The van der Waals surface area contributed by atoms with Crippen LogP contribution in [0.1, 0.15) is 5.56 Å². The predicted molar refractivity (Wildman–Crippen MR) is 68.8 cm³/mol. The van der Waals surface area contributed by atoms with Crippen LogP contribution in [0.25, 0.3) is 21.6 Å². The number of rotatable bonds is 1. The van der Waals surface area contributed by atoms with E-state index < -0.39 is 0 Å². The molecule has 0 saturated carbocycles. The zero-order valence-electron chi connectivity index (χ0n) is 9.51. The summed E-state index contributed by atoms with van der Waals surface area (Å²) in [4.78, 5) is 9.38. The van der Waals surface area contributed by atoms with E-state index in [1.54, 1.807) is 16.0 Å². The molecule has 5 nitrogen and oxygen atoms in total. The van der Waals surface area contributed by atoms with Crippen LogP contribution in [-0.4, -0.2) is 19.7 Å². The summed E-state index contributed by atoms with van der Waals surface area (Å²) in [6.45, 7) is 2.06. The van der Waals surface area contributed by atoms with Gasteiger partial charge in [-0.3, -0.25) is 0 Å². The maximum absolute atomic E-state index is 5.93. The molecule has 0 saturated heterocycles. The fourth-order valence-electron chi connectivity index (χ4n) is 1.88. The molecule has 6 heteroatoms. The van der Waals surface area contributed by atoms with Crippen molar-refractivity contribution >= 4 is 28.2 Å². The van der Waals surface area contributed by atoms with Crippen molar-refractivity contribution in [3.05, 3.63) is 23.3 Å². The molecule has 0 aromatic carbocycles. The van der Waals surface area contributed by atoms with Crippen molar-refractivity contribution in [3.8, 4) is 10.6 Å². The van der Waals surface area contributed by atoms with Gasteiger partial charge in [0.1, 0.15) is 17.8 Å². The van der Waals surface area contributed by atoms with Gasteiger partial charge in [-0.05, 0) is 23.9 Å². The number of nitrogens with zero attached hydrogens (tertiary/aromatic N) is 4. The van der Waals surface area contributed by atoms with E-state index in [0.29, 0.717) is 5.82 Å². The first-order valence-corrected chi connectivity index (χ1v) is 6.04. The molecule has 3 aromatic rings. The lowest BCUT2D eigenvalue weighted by molar-refractivity contribution is 0.789.